The lowest BCUT2D eigenvalue weighted by atomic mass is 10.2. The summed E-state index contributed by atoms with van der Waals surface area (Å²) in [6.45, 7) is 4.28. The molecule has 1 saturated heterocycles. The SMILES string of the molecule is COCCCn1c(-c2ccc([N+](=O)[O-])o2)nc2cc(NC(=O)Nc3ccc(F)cc3)c(N3CCN(C)CC3)cc21. The highest BCUT2D eigenvalue weighted by Gasteiger charge is 2.24. The van der Waals surface area contributed by atoms with Gasteiger partial charge >= 0.3 is 11.9 Å². The van der Waals surface area contributed by atoms with Crippen LogP contribution in [0.3, 0.4) is 0 Å². The van der Waals surface area contributed by atoms with Gasteiger partial charge in [-0.1, -0.05) is 0 Å². The second kappa shape index (κ2) is 11.7. The number of anilines is 3. The smallest absolute Gasteiger partial charge is 0.397 e. The molecule has 1 aliphatic heterocycles. The number of carbonyl (C=O) groups excluding carboxylic acids is 1. The third-order valence-electron chi connectivity index (χ3n) is 6.78. The molecule has 3 heterocycles. The van der Waals surface area contributed by atoms with Crippen LogP contribution >= 0.6 is 0 Å². The van der Waals surface area contributed by atoms with Crippen LogP contribution in [-0.4, -0.2) is 72.3 Å². The normalized spacial score (nSPS) is 14.0. The first-order valence-corrected chi connectivity index (χ1v) is 12.9. The number of likely N-dealkylation sites (N-methyl/N-ethyl adjacent to an activating group) is 1. The molecule has 40 heavy (non-hydrogen) atoms. The molecule has 0 spiro atoms. The summed E-state index contributed by atoms with van der Waals surface area (Å²) in [5, 5.41) is 16.9. The Hall–Kier alpha value is -4.49. The molecule has 210 valence electrons. The summed E-state index contributed by atoms with van der Waals surface area (Å²) in [4.78, 5) is 32.8. The maximum Gasteiger partial charge on any atom is 0.433 e. The monoisotopic (exact) mass is 551 g/mol. The Morgan fingerprint density at radius 2 is 1.88 bits per heavy atom. The number of hydrogen-bond donors (Lipinski definition) is 2. The van der Waals surface area contributed by atoms with Crippen molar-refractivity contribution in [2.45, 2.75) is 13.0 Å². The van der Waals surface area contributed by atoms with Crippen LogP contribution in [0.15, 0.2) is 52.9 Å². The summed E-state index contributed by atoms with van der Waals surface area (Å²) in [6, 6.07) is 11.6. The van der Waals surface area contributed by atoms with Gasteiger partial charge in [-0.05, 0) is 55.9 Å². The van der Waals surface area contributed by atoms with Gasteiger partial charge in [-0.2, -0.15) is 0 Å². The van der Waals surface area contributed by atoms with Crippen molar-refractivity contribution in [1.82, 2.24) is 14.5 Å². The molecule has 4 aromatic rings. The second-order valence-corrected chi connectivity index (χ2v) is 9.56. The molecule has 13 heteroatoms. The van der Waals surface area contributed by atoms with Crippen LogP contribution in [0, 0.1) is 15.9 Å². The number of ether oxygens (including phenoxy) is 1. The van der Waals surface area contributed by atoms with Crippen molar-refractivity contribution in [2.24, 2.45) is 0 Å². The Morgan fingerprint density at radius 3 is 2.55 bits per heavy atom. The number of piperazine rings is 1. The topological polar surface area (TPSA) is 131 Å². The van der Waals surface area contributed by atoms with E-state index in [0.29, 0.717) is 42.3 Å². The zero-order valence-corrected chi connectivity index (χ0v) is 22.2. The molecule has 5 rings (SSSR count). The van der Waals surface area contributed by atoms with E-state index in [1.165, 1.54) is 36.4 Å². The molecular formula is C27H30FN7O5. The van der Waals surface area contributed by atoms with E-state index in [2.05, 4.69) is 27.5 Å². The lowest BCUT2D eigenvalue weighted by molar-refractivity contribution is -0.401. The molecular weight excluding hydrogens is 521 g/mol. The van der Waals surface area contributed by atoms with Crippen molar-refractivity contribution in [3.63, 3.8) is 0 Å². The van der Waals surface area contributed by atoms with Crippen molar-refractivity contribution in [2.75, 3.05) is 62.5 Å². The number of rotatable bonds is 9. The van der Waals surface area contributed by atoms with Crippen molar-refractivity contribution in [1.29, 1.82) is 0 Å². The first-order chi connectivity index (χ1) is 19.3. The van der Waals surface area contributed by atoms with Gasteiger partial charge in [0.1, 0.15) is 10.7 Å². The maximum atomic E-state index is 13.3. The van der Waals surface area contributed by atoms with Crippen LogP contribution in [0.1, 0.15) is 6.42 Å². The number of fused-ring (bicyclic) bond motifs is 1. The second-order valence-electron chi connectivity index (χ2n) is 9.56. The minimum absolute atomic E-state index is 0.269. The molecule has 0 atom stereocenters. The van der Waals surface area contributed by atoms with Crippen molar-refractivity contribution in [3.8, 4) is 11.6 Å². The number of hydrogen-bond acceptors (Lipinski definition) is 8. The Bertz CT molecular complexity index is 1510. The number of benzene rings is 2. The van der Waals surface area contributed by atoms with Gasteiger partial charge in [0, 0.05) is 52.1 Å². The van der Waals surface area contributed by atoms with E-state index in [1.807, 2.05) is 10.6 Å². The Balaban J connectivity index is 1.56. The Labute approximate surface area is 229 Å². The van der Waals surface area contributed by atoms with Crippen molar-refractivity contribution < 1.29 is 23.3 Å². The summed E-state index contributed by atoms with van der Waals surface area (Å²) in [5.74, 6) is -0.0579. The molecule has 12 nitrogen and oxygen atoms in total. The standard InChI is InChI=1S/C27H30FN7O5/c1-32-11-13-33(14-12-32)22-17-23-21(16-20(22)31-27(36)29-19-6-4-18(28)5-7-19)30-26(34(23)10-3-15-39-2)24-8-9-25(40-24)35(37)38/h4-9,16-17H,3,10-15H2,1-2H3,(H2,29,31,36). The van der Waals surface area contributed by atoms with Gasteiger partial charge in [-0.3, -0.25) is 10.1 Å². The minimum atomic E-state index is -0.589. The fourth-order valence-electron chi connectivity index (χ4n) is 4.71. The molecule has 0 aliphatic carbocycles. The summed E-state index contributed by atoms with van der Waals surface area (Å²) in [5.41, 5.74) is 3.20. The van der Waals surface area contributed by atoms with E-state index in [1.54, 1.807) is 13.2 Å². The van der Waals surface area contributed by atoms with E-state index >= 15 is 0 Å². The largest absolute Gasteiger partial charge is 0.433 e. The number of furan rings is 1. The number of methoxy groups -OCH3 is 1. The maximum absolute atomic E-state index is 13.3. The summed E-state index contributed by atoms with van der Waals surface area (Å²) < 4.78 is 26.0. The molecule has 0 unspecified atom stereocenters. The van der Waals surface area contributed by atoms with Gasteiger partial charge in [0.05, 0.1) is 28.5 Å². The molecule has 2 N–H and O–H groups in total. The first kappa shape index (κ1) is 27.1. The fraction of sp³-hybridized carbons (Fsp3) is 0.333. The van der Waals surface area contributed by atoms with Crippen LogP contribution in [0.4, 0.5) is 32.1 Å². The first-order valence-electron chi connectivity index (χ1n) is 12.9. The number of carbonyl (C=O) groups is 1. The van der Waals surface area contributed by atoms with Crippen LogP contribution in [-0.2, 0) is 11.3 Å². The third kappa shape index (κ3) is 5.90. The van der Waals surface area contributed by atoms with Crippen LogP contribution in [0.25, 0.3) is 22.6 Å². The molecule has 2 amide bonds. The Kier molecular flexibility index (Phi) is 7.94. The minimum Gasteiger partial charge on any atom is -0.397 e. The van der Waals surface area contributed by atoms with Gasteiger partial charge in [0.2, 0.25) is 0 Å². The van der Waals surface area contributed by atoms with Crippen LogP contribution in [0.2, 0.25) is 0 Å². The van der Waals surface area contributed by atoms with Crippen molar-refractivity contribution in [3.05, 3.63) is 64.5 Å². The number of imidazole rings is 1. The predicted molar refractivity (Wildman–Crippen MR) is 149 cm³/mol. The van der Waals surface area contributed by atoms with E-state index in [-0.39, 0.29) is 11.6 Å². The van der Waals surface area contributed by atoms with E-state index in [9.17, 15) is 19.3 Å². The number of nitrogens with zero attached hydrogens (tertiary/aromatic N) is 5. The van der Waals surface area contributed by atoms with Crippen LogP contribution < -0.4 is 15.5 Å². The molecule has 0 saturated carbocycles. The number of amides is 2. The lowest BCUT2D eigenvalue weighted by Crippen LogP contribution is -2.44. The highest BCUT2D eigenvalue weighted by atomic mass is 19.1. The van der Waals surface area contributed by atoms with E-state index in [0.717, 1.165) is 37.4 Å². The van der Waals surface area contributed by atoms with E-state index in [4.69, 9.17) is 14.1 Å². The lowest BCUT2D eigenvalue weighted by Gasteiger charge is -2.35. The van der Waals surface area contributed by atoms with E-state index < -0.39 is 16.8 Å². The third-order valence-corrected chi connectivity index (χ3v) is 6.78. The molecule has 2 aromatic carbocycles. The molecule has 0 radical (unpaired) electrons. The van der Waals surface area contributed by atoms with Crippen molar-refractivity contribution >= 4 is 40.0 Å². The Morgan fingerprint density at radius 1 is 1.12 bits per heavy atom. The number of nitro groups is 1. The van der Waals surface area contributed by atoms with Gasteiger partial charge in [0.15, 0.2) is 11.6 Å². The molecule has 1 aliphatic rings. The molecule has 1 fully saturated rings. The zero-order chi connectivity index (χ0) is 28.2. The summed E-state index contributed by atoms with van der Waals surface area (Å²) in [7, 11) is 3.69. The highest BCUT2D eigenvalue weighted by molar-refractivity contribution is 6.04. The highest BCUT2D eigenvalue weighted by Crippen LogP contribution is 2.36. The number of nitrogens with one attached hydrogen (secondary N) is 2. The average molecular weight is 552 g/mol. The van der Waals surface area contributed by atoms with Gasteiger partial charge in [0.25, 0.3) is 0 Å². The van der Waals surface area contributed by atoms with Gasteiger partial charge in [-0.25, -0.2) is 14.2 Å². The fourth-order valence-corrected chi connectivity index (χ4v) is 4.71. The molecule has 0 bridgehead atoms. The number of halogens is 1. The summed E-state index contributed by atoms with van der Waals surface area (Å²) >= 11 is 0. The number of urea groups is 1. The predicted octanol–water partition coefficient (Wildman–Crippen LogP) is 4.78. The van der Waals surface area contributed by atoms with Crippen LogP contribution in [0.5, 0.6) is 0 Å². The molecule has 2 aromatic heterocycles. The van der Waals surface area contributed by atoms with Gasteiger partial charge in [-0.15, -0.1) is 0 Å². The number of aromatic nitrogens is 2. The zero-order valence-electron chi connectivity index (χ0n) is 22.2. The average Bonchev–Trinajstić information content (AvgIpc) is 3.56. The quantitative estimate of drug-likeness (QED) is 0.173. The van der Waals surface area contributed by atoms with Gasteiger partial charge < -0.3 is 34.2 Å². The number of aryl methyl sites for hydroxylation is 1. The summed E-state index contributed by atoms with van der Waals surface area (Å²) in [6.07, 6.45) is 0.682.